The molecule has 0 fully saturated rings. The fourth-order valence-electron chi connectivity index (χ4n) is 3.24. The molecule has 4 heteroatoms. The number of halogens is 1. The predicted molar refractivity (Wildman–Crippen MR) is 98.7 cm³/mol. The van der Waals surface area contributed by atoms with Crippen LogP contribution in [0.25, 0.3) is 10.8 Å². The molecule has 0 unspecified atom stereocenters. The molecule has 2 amide bonds. The first-order valence-corrected chi connectivity index (χ1v) is 8.45. The fraction of sp³-hybridized carbons (Fsp3) is 0.100. The van der Waals surface area contributed by atoms with E-state index in [4.69, 9.17) is 0 Å². The molecule has 3 aromatic carbocycles. The van der Waals surface area contributed by atoms with Crippen LogP contribution in [0.15, 0.2) is 53.0 Å². The highest BCUT2D eigenvalue weighted by Gasteiger charge is 2.34. The van der Waals surface area contributed by atoms with E-state index in [1.807, 2.05) is 50.2 Å². The van der Waals surface area contributed by atoms with Crippen molar-refractivity contribution in [2.75, 3.05) is 4.90 Å². The number of imide groups is 1. The lowest BCUT2D eigenvalue weighted by molar-refractivity contribution is 0.0893. The summed E-state index contributed by atoms with van der Waals surface area (Å²) in [6.07, 6.45) is 0. The minimum atomic E-state index is -0.273. The molecule has 1 heterocycles. The van der Waals surface area contributed by atoms with E-state index >= 15 is 0 Å². The van der Waals surface area contributed by atoms with E-state index in [0.717, 1.165) is 26.4 Å². The normalized spacial score (nSPS) is 13.7. The second-order valence-corrected chi connectivity index (χ2v) is 6.91. The third-order valence-corrected chi connectivity index (χ3v) is 5.15. The number of anilines is 1. The van der Waals surface area contributed by atoms with Gasteiger partial charge in [0, 0.05) is 21.0 Å². The molecule has 24 heavy (non-hydrogen) atoms. The van der Waals surface area contributed by atoms with Crippen molar-refractivity contribution in [1.82, 2.24) is 0 Å². The zero-order chi connectivity index (χ0) is 17.0. The van der Waals surface area contributed by atoms with Crippen LogP contribution < -0.4 is 4.90 Å². The first-order chi connectivity index (χ1) is 11.5. The minimum Gasteiger partial charge on any atom is -0.268 e. The summed E-state index contributed by atoms with van der Waals surface area (Å²) in [7, 11) is 0. The van der Waals surface area contributed by atoms with Gasteiger partial charge in [-0.25, -0.2) is 4.90 Å². The van der Waals surface area contributed by atoms with Crippen LogP contribution in [0.5, 0.6) is 0 Å². The SMILES string of the molecule is Cc1ccc(C)c(N2C(=O)c3cccc4c(Br)ccc(c34)C2=O)c1. The summed E-state index contributed by atoms with van der Waals surface area (Å²) in [5.41, 5.74) is 3.68. The number of aryl methyl sites for hydroxylation is 2. The molecule has 0 saturated heterocycles. The number of hydrogen-bond acceptors (Lipinski definition) is 2. The highest BCUT2D eigenvalue weighted by Crippen LogP contribution is 2.36. The number of carbonyl (C=O) groups excluding carboxylic acids is 2. The second kappa shape index (κ2) is 5.28. The van der Waals surface area contributed by atoms with Gasteiger partial charge in [-0.05, 0) is 54.6 Å². The minimum absolute atomic E-state index is 0.273. The zero-order valence-electron chi connectivity index (χ0n) is 13.3. The highest BCUT2D eigenvalue weighted by atomic mass is 79.9. The third-order valence-electron chi connectivity index (χ3n) is 4.46. The predicted octanol–water partition coefficient (Wildman–Crippen LogP) is 5.02. The Bertz CT molecular complexity index is 1020. The van der Waals surface area contributed by atoms with E-state index in [2.05, 4.69) is 15.9 Å². The maximum absolute atomic E-state index is 13.1. The van der Waals surface area contributed by atoms with Crippen LogP contribution in [-0.2, 0) is 0 Å². The Balaban J connectivity index is 2.02. The summed E-state index contributed by atoms with van der Waals surface area (Å²) in [5, 5.41) is 1.61. The number of carbonyl (C=O) groups is 2. The van der Waals surface area contributed by atoms with Gasteiger partial charge < -0.3 is 0 Å². The Hall–Kier alpha value is -2.46. The van der Waals surface area contributed by atoms with Crippen molar-refractivity contribution >= 4 is 44.2 Å². The average Bonchev–Trinajstić information content (AvgIpc) is 2.57. The topological polar surface area (TPSA) is 37.4 Å². The maximum atomic E-state index is 13.1. The molecular formula is C20H14BrNO2. The van der Waals surface area contributed by atoms with Crippen LogP contribution in [0.2, 0.25) is 0 Å². The molecule has 4 rings (SSSR count). The zero-order valence-corrected chi connectivity index (χ0v) is 14.8. The smallest absolute Gasteiger partial charge is 0.265 e. The lowest BCUT2D eigenvalue weighted by atomic mass is 9.93. The van der Waals surface area contributed by atoms with Gasteiger partial charge in [0.05, 0.1) is 5.69 Å². The molecule has 0 aromatic heterocycles. The Labute approximate surface area is 148 Å². The molecular weight excluding hydrogens is 366 g/mol. The van der Waals surface area contributed by atoms with E-state index < -0.39 is 0 Å². The summed E-state index contributed by atoms with van der Waals surface area (Å²) in [5.74, 6) is -0.546. The van der Waals surface area contributed by atoms with Gasteiger partial charge >= 0.3 is 0 Å². The van der Waals surface area contributed by atoms with Crippen LogP contribution >= 0.6 is 15.9 Å². The van der Waals surface area contributed by atoms with E-state index in [9.17, 15) is 9.59 Å². The van der Waals surface area contributed by atoms with Gasteiger partial charge in [-0.3, -0.25) is 9.59 Å². The largest absolute Gasteiger partial charge is 0.268 e. The Morgan fingerprint density at radius 2 is 1.58 bits per heavy atom. The maximum Gasteiger partial charge on any atom is 0.265 e. The summed E-state index contributed by atoms with van der Waals surface area (Å²) in [6, 6.07) is 15.0. The van der Waals surface area contributed by atoms with Gasteiger partial charge in [0.1, 0.15) is 0 Å². The van der Waals surface area contributed by atoms with Gasteiger partial charge in [-0.15, -0.1) is 0 Å². The molecule has 3 aromatic rings. The van der Waals surface area contributed by atoms with Gasteiger partial charge in [0.15, 0.2) is 0 Å². The lowest BCUT2D eigenvalue weighted by Crippen LogP contribution is -2.40. The van der Waals surface area contributed by atoms with Crippen LogP contribution in [0.4, 0.5) is 5.69 Å². The molecule has 0 N–H and O–H groups in total. The van der Waals surface area contributed by atoms with Crippen LogP contribution in [0.1, 0.15) is 31.8 Å². The lowest BCUT2D eigenvalue weighted by Gasteiger charge is -2.28. The van der Waals surface area contributed by atoms with E-state index in [0.29, 0.717) is 16.8 Å². The molecule has 0 aliphatic carbocycles. The Kier molecular flexibility index (Phi) is 3.32. The first-order valence-electron chi connectivity index (χ1n) is 7.66. The second-order valence-electron chi connectivity index (χ2n) is 6.06. The summed E-state index contributed by atoms with van der Waals surface area (Å²) in [4.78, 5) is 27.5. The van der Waals surface area contributed by atoms with Gasteiger partial charge in [-0.2, -0.15) is 0 Å². The van der Waals surface area contributed by atoms with Crippen molar-refractivity contribution in [3.05, 3.63) is 75.3 Å². The quantitative estimate of drug-likeness (QED) is 0.556. The molecule has 1 aliphatic heterocycles. The summed E-state index contributed by atoms with van der Waals surface area (Å²) < 4.78 is 0.879. The van der Waals surface area contributed by atoms with E-state index in [1.54, 1.807) is 12.1 Å². The highest BCUT2D eigenvalue weighted by molar-refractivity contribution is 9.10. The van der Waals surface area contributed by atoms with E-state index in [-0.39, 0.29) is 11.8 Å². The van der Waals surface area contributed by atoms with Crippen molar-refractivity contribution in [3.63, 3.8) is 0 Å². The fourth-order valence-corrected chi connectivity index (χ4v) is 3.70. The van der Waals surface area contributed by atoms with Crippen LogP contribution in [0.3, 0.4) is 0 Å². The summed E-state index contributed by atoms with van der Waals surface area (Å²) in [6.45, 7) is 3.86. The molecule has 0 spiro atoms. The van der Waals surface area contributed by atoms with Crippen molar-refractivity contribution in [1.29, 1.82) is 0 Å². The molecule has 0 radical (unpaired) electrons. The van der Waals surface area contributed by atoms with Gasteiger partial charge in [0.25, 0.3) is 11.8 Å². The molecule has 0 saturated carbocycles. The van der Waals surface area contributed by atoms with Gasteiger partial charge in [-0.1, -0.05) is 40.2 Å². The number of nitrogens with zero attached hydrogens (tertiary/aromatic N) is 1. The monoisotopic (exact) mass is 379 g/mol. The molecule has 0 bridgehead atoms. The standard InChI is InChI=1S/C20H14BrNO2/c1-11-6-7-12(2)17(10-11)22-19(23)14-5-3-4-13-16(21)9-8-15(18(13)14)20(22)24/h3-10H,1-2H3. The number of amides is 2. The molecule has 0 atom stereocenters. The molecule has 1 aliphatic rings. The van der Waals surface area contributed by atoms with E-state index in [1.165, 1.54) is 4.90 Å². The van der Waals surface area contributed by atoms with Crippen molar-refractivity contribution in [3.8, 4) is 0 Å². The van der Waals surface area contributed by atoms with Crippen molar-refractivity contribution < 1.29 is 9.59 Å². The molecule has 3 nitrogen and oxygen atoms in total. The third kappa shape index (κ3) is 2.03. The number of benzene rings is 3. The van der Waals surface area contributed by atoms with Gasteiger partial charge in [0.2, 0.25) is 0 Å². The Morgan fingerprint density at radius 1 is 0.875 bits per heavy atom. The molecule has 118 valence electrons. The first kappa shape index (κ1) is 15.1. The number of hydrogen-bond donors (Lipinski definition) is 0. The average molecular weight is 380 g/mol. The summed E-state index contributed by atoms with van der Waals surface area (Å²) >= 11 is 3.50. The van der Waals surface area contributed by atoms with Crippen LogP contribution in [-0.4, -0.2) is 11.8 Å². The Morgan fingerprint density at radius 3 is 2.33 bits per heavy atom. The van der Waals surface area contributed by atoms with Crippen molar-refractivity contribution in [2.45, 2.75) is 13.8 Å². The van der Waals surface area contributed by atoms with Crippen molar-refractivity contribution in [2.24, 2.45) is 0 Å². The van der Waals surface area contributed by atoms with Crippen LogP contribution in [0, 0.1) is 13.8 Å². The number of rotatable bonds is 1.